The van der Waals surface area contributed by atoms with Crippen molar-refractivity contribution in [1.29, 1.82) is 5.26 Å². The highest BCUT2D eigenvalue weighted by atomic mass is 16.7. The topological polar surface area (TPSA) is 109 Å². The van der Waals surface area contributed by atoms with Gasteiger partial charge in [0.25, 0.3) is 5.91 Å². The van der Waals surface area contributed by atoms with Gasteiger partial charge in [-0.05, 0) is 48.0 Å². The summed E-state index contributed by atoms with van der Waals surface area (Å²) in [6.07, 6.45) is 1.43. The number of aromatic carboxylic acids is 1. The molecule has 3 rings (SSSR count). The van der Waals surface area contributed by atoms with Crippen molar-refractivity contribution >= 4 is 23.6 Å². The lowest BCUT2D eigenvalue weighted by molar-refractivity contribution is -0.112. The number of amides is 1. The van der Waals surface area contributed by atoms with Gasteiger partial charge in [-0.1, -0.05) is 6.07 Å². The van der Waals surface area contributed by atoms with E-state index in [1.807, 2.05) is 6.07 Å². The molecule has 1 heterocycles. The van der Waals surface area contributed by atoms with E-state index in [1.54, 1.807) is 18.2 Å². The molecule has 0 radical (unpaired) electrons. The lowest BCUT2D eigenvalue weighted by Gasteiger charge is -2.05. The quantitative estimate of drug-likeness (QED) is 0.656. The first-order chi connectivity index (χ1) is 12.1. The first-order valence-corrected chi connectivity index (χ1v) is 7.23. The van der Waals surface area contributed by atoms with Crippen LogP contribution in [0.25, 0.3) is 6.08 Å². The highest BCUT2D eigenvalue weighted by Gasteiger charge is 2.14. The van der Waals surface area contributed by atoms with Crippen LogP contribution in [0.5, 0.6) is 11.5 Å². The second-order valence-corrected chi connectivity index (χ2v) is 5.12. The van der Waals surface area contributed by atoms with Crippen molar-refractivity contribution in [2.24, 2.45) is 0 Å². The second-order valence-electron chi connectivity index (χ2n) is 5.12. The van der Waals surface area contributed by atoms with Crippen molar-refractivity contribution in [2.75, 3.05) is 12.1 Å². The minimum Gasteiger partial charge on any atom is -0.478 e. The minimum atomic E-state index is -1.06. The number of hydrogen-bond donors (Lipinski definition) is 2. The predicted molar refractivity (Wildman–Crippen MR) is 88.2 cm³/mol. The molecule has 124 valence electrons. The summed E-state index contributed by atoms with van der Waals surface area (Å²) in [5.74, 6) is -0.490. The van der Waals surface area contributed by atoms with Crippen LogP contribution in [-0.4, -0.2) is 23.8 Å². The maximum atomic E-state index is 12.2. The standard InChI is InChI=1S/C18H12N2O5/c19-9-13(7-11-1-6-15-16(8-11)25-10-24-15)17(21)20-14-4-2-12(3-5-14)18(22)23/h1-8H,10H2,(H,20,21)(H,22,23)/b13-7+. The second kappa shape index (κ2) is 6.76. The molecule has 1 amide bonds. The number of benzene rings is 2. The third-order valence-electron chi connectivity index (χ3n) is 3.46. The lowest BCUT2D eigenvalue weighted by atomic mass is 10.1. The van der Waals surface area contributed by atoms with E-state index < -0.39 is 11.9 Å². The Morgan fingerprint density at radius 2 is 1.84 bits per heavy atom. The fourth-order valence-electron chi connectivity index (χ4n) is 2.21. The van der Waals surface area contributed by atoms with Crippen LogP contribution in [0, 0.1) is 11.3 Å². The number of nitrogens with zero attached hydrogens (tertiary/aromatic N) is 1. The predicted octanol–water partition coefficient (Wildman–Crippen LogP) is 2.66. The first-order valence-electron chi connectivity index (χ1n) is 7.23. The summed E-state index contributed by atoms with van der Waals surface area (Å²) in [7, 11) is 0. The Kier molecular flexibility index (Phi) is 4.35. The van der Waals surface area contributed by atoms with Crippen LogP contribution in [0.1, 0.15) is 15.9 Å². The van der Waals surface area contributed by atoms with E-state index in [1.165, 1.54) is 30.3 Å². The average Bonchev–Trinajstić information content (AvgIpc) is 3.07. The first kappa shape index (κ1) is 16.1. The maximum absolute atomic E-state index is 12.2. The monoisotopic (exact) mass is 336 g/mol. The van der Waals surface area contributed by atoms with Crippen LogP contribution in [0.15, 0.2) is 48.0 Å². The molecular formula is C18H12N2O5. The average molecular weight is 336 g/mol. The van der Waals surface area contributed by atoms with Crippen LogP contribution < -0.4 is 14.8 Å². The molecule has 7 heteroatoms. The van der Waals surface area contributed by atoms with Gasteiger partial charge in [-0.3, -0.25) is 4.79 Å². The molecule has 2 aromatic rings. The zero-order chi connectivity index (χ0) is 17.8. The number of carboxylic acid groups (broad SMARTS) is 1. The molecule has 0 unspecified atom stereocenters. The van der Waals surface area contributed by atoms with Crippen molar-refractivity contribution in [1.82, 2.24) is 0 Å². The molecule has 0 aliphatic carbocycles. The molecule has 0 bridgehead atoms. The summed E-state index contributed by atoms with van der Waals surface area (Å²) in [5, 5.41) is 20.6. The van der Waals surface area contributed by atoms with E-state index in [4.69, 9.17) is 14.6 Å². The number of carbonyl (C=O) groups is 2. The molecule has 0 saturated carbocycles. The molecule has 7 nitrogen and oxygen atoms in total. The fraction of sp³-hybridized carbons (Fsp3) is 0.0556. The third kappa shape index (κ3) is 3.59. The molecule has 0 saturated heterocycles. The summed E-state index contributed by atoms with van der Waals surface area (Å²) >= 11 is 0. The van der Waals surface area contributed by atoms with E-state index in [0.717, 1.165) is 0 Å². The fourth-order valence-corrected chi connectivity index (χ4v) is 2.21. The van der Waals surface area contributed by atoms with Gasteiger partial charge in [0.05, 0.1) is 5.56 Å². The SMILES string of the molecule is N#C/C(=C\c1ccc2c(c1)OCO2)C(=O)Nc1ccc(C(=O)O)cc1. The Morgan fingerprint density at radius 1 is 1.12 bits per heavy atom. The van der Waals surface area contributed by atoms with Crippen LogP contribution >= 0.6 is 0 Å². The molecule has 25 heavy (non-hydrogen) atoms. The minimum absolute atomic E-state index is 0.0961. The molecule has 0 aromatic heterocycles. The van der Waals surface area contributed by atoms with Crippen molar-refractivity contribution in [3.05, 3.63) is 59.2 Å². The zero-order valence-corrected chi connectivity index (χ0v) is 12.9. The molecule has 0 fully saturated rings. The molecule has 0 atom stereocenters. The van der Waals surface area contributed by atoms with Gasteiger partial charge in [-0.15, -0.1) is 0 Å². The summed E-state index contributed by atoms with van der Waals surface area (Å²) in [5.41, 5.74) is 1.02. The zero-order valence-electron chi connectivity index (χ0n) is 12.9. The normalized spacial score (nSPS) is 12.4. The number of hydrogen-bond acceptors (Lipinski definition) is 5. The Bertz CT molecular complexity index is 910. The number of anilines is 1. The number of nitrogens with one attached hydrogen (secondary N) is 1. The van der Waals surface area contributed by atoms with E-state index in [0.29, 0.717) is 22.7 Å². The van der Waals surface area contributed by atoms with Gasteiger partial charge >= 0.3 is 5.97 Å². The van der Waals surface area contributed by atoms with E-state index in [-0.39, 0.29) is 17.9 Å². The maximum Gasteiger partial charge on any atom is 0.335 e. The number of carbonyl (C=O) groups excluding carboxylic acids is 1. The lowest BCUT2D eigenvalue weighted by Crippen LogP contribution is -2.13. The van der Waals surface area contributed by atoms with Crippen LogP contribution in [0.2, 0.25) is 0 Å². The van der Waals surface area contributed by atoms with Gasteiger partial charge in [0, 0.05) is 5.69 Å². The smallest absolute Gasteiger partial charge is 0.335 e. The Hall–Kier alpha value is -3.79. The van der Waals surface area contributed by atoms with Gasteiger partial charge in [-0.25, -0.2) is 4.79 Å². The van der Waals surface area contributed by atoms with Crippen LogP contribution in [-0.2, 0) is 4.79 Å². The summed E-state index contributed by atoms with van der Waals surface area (Å²) in [4.78, 5) is 23.0. The third-order valence-corrected chi connectivity index (χ3v) is 3.46. The summed E-state index contributed by atoms with van der Waals surface area (Å²) in [6.45, 7) is 0.139. The number of nitriles is 1. The number of carboxylic acids is 1. The van der Waals surface area contributed by atoms with Crippen molar-refractivity contribution < 1.29 is 24.2 Å². The van der Waals surface area contributed by atoms with Crippen LogP contribution in [0.4, 0.5) is 5.69 Å². The van der Waals surface area contributed by atoms with E-state index in [9.17, 15) is 14.9 Å². The van der Waals surface area contributed by atoms with Gasteiger partial charge in [0.2, 0.25) is 6.79 Å². The van der Waals surface area contributed by atoms with Crippen molar-refractivity contribution in [2.45, 2.75) is 0 Å². The van der Waals surface area contributed by atoms with Crippen LogP contribution in [0.3, 0.4) is 0 Å². The van der Waals surface area contributed by atoms with Gasteiger partial charge in [0.1, 0.15) is 11.6 Å². The number of ether oxygens (including phenoxy) is 2. The molecule has 2 N–H and O–H groups in total. The Morgan fingerprint density at radius 3 is 2.52 bits per heavy atom. The number of rotatable bonds is 4. The largest absolute Gasteiger partial charge is 0.478 e. The molecule has 1 aliphatic heterocycles. The number of fused-ring (bicyclic) bond motifs is 1. The molecular weight excluding hydrogens is 324 g/mol. The summed E-state index contributed by atoms with van der Waals surface area (Å²) in [6, 6.07) is 12.6. The Balaban J connectivity index is 1.77. The molecule has 0 spiro atoms. The van der Waals surface area contributed by atoms with Gasteiger partial charge < -0.3 is 19.9 Å². The van der Waals surface area contributed by atoms with Gasteiger partial charge in [0.15, 0.2) is 11.5 Å². The molecule has 1 aliphatic rings. The molecule has 2 aromatic carbocycles. The Labute approximate surface area is 142 Å². The van der Waals surface area contributed by atoms with Crippen molar-refractivity contribution in [3.63, 3.8) is 0 Å². The highest BCUT2D eigenvalue weighted by Crippen LogP contribution is 2.33. The van der Waals surface area contributed by atoms with Crippen molar-refractivity contribution in [3.8, 4) is 17.6 Å². The van der Waals surface area contributed by atoms with E-state index >= 15 is 0 Å². The van der Waals surface area contributed by atoms with Gasteiger partial charge in [-0.2, -0.15) is 5.26 Å². The summed E-state index contributed by atoms with van der Waals surface area (Å²) < 4.78 is 10.5. The highest BCUT2D eigenvalue weighted by molar-refractivity contribution is 6.09. The van der Waals surface area contributed by atoms with E-state index in [2.05, 4.69) is 5.32 Å².